The number of rotatable bonds is 3. The highest BCUT2D eigenvalue weighted by Crippen LogP contribution is 2.32. The second-order valence-electron chi connectivity index (χ2n) is 8.26. The van der Waals surface area contributed by atoms with Crippen LogP contribution in [0.2, 0.25) is 0 Å². The average Bonchev–Trinajstić information content (AvgIpc) is 3.04. The molecule has 4 rings (SSSR count). The molecule has 3 aromatic rings. The summed E-state index contributed by atoms with van der Waals surface area (Å²) in [5, 5.41) is 16.4. The molecule has 0 saturated carbocycles. The Morgan fingerprint density at radius 3 is 2.68 bits per heavy atom. The Balaban J connectivity index is 1.90. The molecule has 1 aromatic carbocycles. The molecule has 1 atom stereocenters. The van der Waals surface area contributed by atoms with Crippen molar-refractivity contribution in [2.45, 2.75) is 45.8 Å². The highest BCUT2D eigenvalue weighted by molar-refractivity contribution is 5.99. The number of carbonyl (C=O) groups is 1. The van der Waals surface area contributed by atoms with Gasteiger partial charge in [0.1, 0.15) is 11.2 Å². The number of aromatic amines is 1. The predicted octanol–water partition coefficient (Wildman–Crippen LogP) is 3.17. The molecule has 1 aliphatic heterocycles. The minimum Gasteiger partial charge on any atom is -0.387 e. The maximum Gasteiger partial charge on any atom is 0.253 e. The number of aliphatic hydroxyl groups is 1. The van der Waals surface area contributed by atoms with Crippen molar-refractivity contribution in [1.82, 2.24) is 20.3 Å². The number of H-pyrrole nitrogens is 1. The first-order valence-electron chi connectivity index (χ1n) is 9.50. The van der Waals surface area contributed by atoms with Crippen molar-refractivity contribution in [3.05, 3.63) is 41.2 Å². The Morgan fingerprint density at radius 1 is 1.21 bits per heavy atom. The van der Waals surface area contributed by atoms with E-state index in [1.807, 2.05) is 45.0 Å². The minimum atomic E-state index is -0.744. The topological polar surface area (TPSA) is 103 Å². The molecular formula is C21H25N5O2. The molecule has 0 fully saturated rings. The van der Waals surface area contributed by atoms with Crippen LogP contribution in [-0.4, -0.2) is 38.0 Å². The zero-order chi connectivity index (χ0) is 20.1. The highest BCUT2D eigenvalue weighted by atomic mass is 16.3. The van der Waals surface area contributed by atoms with Crippen LogP contribution < -0.4 is 10.6 Å². The van der Waals surface area contributed by atoms with Crippen molar-refractivity contribution in [2.75, 3.05) is 11.9 Å². The molecule has 7 heteroatoms. The van der Waals surface area contributed by atoms with Crippen LogP contribution in [0.15, 0.2) is 24.3 Å². The molecule has 0 spiro atoms. The zero-order valence-corrected chi connectivity index (χ0v) is 16.6. The van der Waals surface area contributed by atoms with Gasteiger partial charge in [0.05, 0.1) is 17.2 Å². The lowest BCUT2D eigenvalue weighted by atomic mass is 10.1. The van der Waals surface area contributed by atoms with Crippen LogP contribution in [0.4, 0.5) is 5.82 Å². The van der Waals surface area contributed by atoms with Crippen LogP contribution in [0.3, 0.4) is 0 Å². The Morgan fingerprint density at radius 2 is 2.00 bits per heavy atom. The summed E-state index contributed by atoms with van der Waals surface area (Å²) in [7, 11) is 0. The number of benzene rings is 1. The van der Waals surface area contributed by atoms with E-state index in [0.29, 0.717) is 29.1 Å². The monoisotopic (exact) mass is 379 g/mol. The maximum absolute atomic E-state index is 12.1. The molecule has 0 radical (unpaired) electrons. The fourth-order valence-electron chi connectivity index (χ4n) is 3.49. The van der Waals surface area contributed by atoms with E-state index in [4.69, 9.17) is 4.98 Å². The zero-order valence-electron chi connectivity index (χ0n) is 16.6. The van der Waals surface area contributed by atoms with Crippen LogP contribution in [-0.2, 0) is 6.42 Å². The number of aliphatic hydroxyl groups excluding tert-OH is 1. The Hall–Kier alpha value is -2.93. The molecule has 0 bridgehead atoms. The maximum atomic E-state index is 12.1. The van der Waals surface area contributed by atoms with Gasteiger partial charge in [-0.15, -0.1) is 0 Å². The molecule has 0 saturated heterocycles. The van der Waals surface area contributed by atoms with Crippen LogP contribution >= 0.6 is 0 Å². The van der Waals surface area contributed by atoms with Gasteiger partial charge in [0.25, 0.3) is 5.91 Å². The number of para-hydroxylation sites is 1. The van der Waals surface area contributed by atoms with Gasteiger partial charge < -0.3 is 20.7 Å². The van der Waals surface area contributed by atoms with Gasteiger partial charge in [-0.1, -0.05) is 12.1 Å². The summed E-state index contributed by atoms with van der Waals surface area (Å²) in [5.74, 6) is 0.512. The summed E-state index contributed by atoms with van der Waals surface area (Å²) in [4.78, 5) is 25.0. The summed E-state index contributed by atoms with van der Waals surface area (Å²) >= 11 is 0. The summed E-state index contributed by atoms with van der Waals surface area (Å²) in [5.41, 5.74) is 5.05. The van der Waals surface area contributed by atoms with Gasteiger partial charge in [-0.2, -0.15) is 0 Å². The Bertz CT molecular complexity index is 1060. The van der Waals surface area contributed by atoms with Crippen molar-refractivity contribution < 1.29 is 9.90 Å². The van der Waals surface area contributed by atoms with Crippen molar-refractivity contribution in [1.29, 1.82) is 0 Å². The quantitative estimate of drug-likeness (QED) is 0.560. The number of fused-ring (bicyclic) bond motifs is 2. The van der Waals surface area contributed by atoms with Crippen molar-refractivity contribution >= 4 is 22.8 Å². The average molecular weight is 379 g/mol. The number of carbonyl (C=O) groups excluding carboxylic acids is 1. The SMILES string of the molecule is C[C@@H](O)c1nc2cccc(-c3cc4c([nH]3)CCNC4=O)c2nc1NC(C)(C)C. The van der Waals surface area contributed by atoms with Crippen LogP contribution in [0, 0.1) is 0 Å². The molecule has 0 aliphatic carbocycles. The number of anilines is 1. The molecule has 3 heterocycles. The number of hydrogen-bond acceptors (Lipinski definition) is 5. The molecule has 0 unspecified atom stereocenters. The van der Waals surface area contributed by atoms with E-state index in [1.165, 1.54) is 0 Å². The first-order chi connectivity index (χ1) is 13.2. The molecule has 1 amide bonds. The fraction of sp³-hybridized carbons (Fsp3) is 0.381. The number of hydrogen-bond donors (Lipinski definition) is 4. The van der Waals surface area contributed by atoms with E-state index >= 15 is 0 Å². The first-order valence-corrected chi connectivity index (χ1v) is 9.50. The van der Waals surface area contributed by atoms with E-state index in [9.17, 15) is 9.90 Å². The standard InChI is InChI=1S/C21H25N5O2/c1-11(27)17-19(26-21(2,3)4)25-18-12(6-5-7-15(18)24-17)16-10-13-14(23-16)8-9-22-20(13)28/h5-7,10-11,23,27H,8-9H2,1-4H3,(H,22,28)(H,25,26)/t11-/m1/s1. The lowest BCUT2D eigenvalue weighted by Gasteiger charge is -2.24. The third kappa shape index (κ3) is 3.33. The van der Waals surface area contributed by atoms with Crippen molar-refractivity contribution in [2.24, 2.45) is 0 Å². The summed E-state index contributed by atoms with van der Waals surface area (Å²) in [6.07, 6.45) is 0.0347. The number of nitrogens with one attached hydrogen (secondary N) is 3. The van der Waals surface area contributed by atoms with E-state index in [-0.39, 0.29) is 11.4 Å². The van der Waals surface area contributed by atoms with Crippen molar-refractivity contribution in [3.63, 3.8) is 0 Å². The van der Waals surface area contributed by atoms with Gasteiger partial charge in [-0.05, 0) is 39.8 Å². The van der Waals surface area contributed by atoms with E-state index in [0.717, 1.165) is 28.9 Å². The van der Waals surface area contributed by atoms with Gasteiger partial charge in [0.2, 0.25) is 0 Å². The summed E-state index contributed by atoms with van der Waals surface area (Å²) in [6.45, 7) is 8.43. The smallest absolute Gasteiger partial charge is 0.253 e. The van der Waals surface area contributed by atoms with Crippen LogP contribution in [0.5, 0.6) is 0 Å². The van der Waals surface area contributed by atoms with Gasteiger partial charge >= 0.3 is 0 Å². The fourth-order valence-corrected chi connectivity index (χ4v) is 3.49. The van der Waals surface area contributed by atoms with Gasteiger partial charge in [-0.3, -0.25) is 4.79 Å². The second-order valence-corrected chi connectivity index (χ2v) is 8.26. The second kappa shape index (κ2) is 6.60. The van der Waals surface area contributed by atoms with Crippen LogP contribution in [0.25, 0.3) is 22.3 Å². The third-order valence-corrected chi connectivity index (χ3v) is 4.71. The lowest BCUT2D eigenvalue weighted by molar-refractivity contribution is 0.0946. The van der Waals surface area contributed by atoms with Crippen LogP contribution in [0.1, 0.15) is 55.5 Å². The summed E-state index contributed by atoms with van der Waals surface area (Å²) in [6, 6.07) is 7.64. The number of amides is 1. The number of nitrogens with zero attached hydrogens (tertiary/aromatic N) is 2. The molecule has 28 heavy (non-hydrogen) atoms. The minimum absolute atomic E-state index is 0.0541. The van der Waals surface area contributed by atoms with Gasteiger partial charge in [-0.25, -0.2) is 9.97 Å². The number of aromatic nitrogens is 3. The molecular weight excluding hydrogens is 354 g/mol. The van der Waals surface area contributed by atoms with E-state index in [2.05, 4.69) is 20.6 Å². The van der Waals surface area contributed by atoms with E-state index in [1.54, 1.807) is 6.92 Å². The molecule has 4 N–H and O–H groups in total. The molecule has 2 aromatic heterocycles. The summed E-state index contributed by atoms with van der Waals surface area (Å²) < 4.78 is 0. The first kappa shape index (κ1) is 18.4. The van der Waals surface area contributed by atoms with Crippen molar-refractivity contribution in [3.8, 4) is 11.3 Å². The normalized spacial score (nSPS) is 15.2. The molecule has 146 valence electrons. The van der Waals surface area contributed by atoms with Gasteiger partial charge in [0.15, 0.2) is 5.82 Å². The largest absolute Gasteiger partial charge is 0.387 e. The highest BCUT2D eigenvalue weighted by Gasteiger charge is 2.23. The van der Waals surface area contributed by atoms with Gasteiger partial charge in [0, 0.05) is 35.5 Å². The molecule has 7 nitrogen and oxygen atoms in total. The predicted molar refractivity (Wildman–Crippen MR) is 109 cm³/mol. The lowest BCUT2D eigenvalue weighted by Crippen LogP contribution is -2.31. The molecule has 1 aliphatic rings. The third-order valence-electron chi connectivity index (χ3n) is 4.71. The van der Waals surface area contributed by atoms with E-state index < -0.39 is 6.10 Å². The Kier molecular flexibility index (Phi) is 4.34. The Labute approximate surface area is 163 Å².